The van der Waals surface area contributed by atoms with Gasteiger partial charge < -0.3 is 19.7 Å². The van der Waals surface area contributed by atoms with Gasteiger partial charge in [0.05, 0.1) is 0 Å². The molecule has 1 fully saturated rings. The summed E-state index contributed by atoms with van der Waals surface area (Å²) in [7, 11) is 0. The average molecular weight is 337 g/mol. The van der Waals surface area contributed by atoms with Crippen LogP contribution in [-0.2, 0) is 11.3 Å². The predicted molar refractivity (Wildman–Crippen MR) is 88.8 cm³/mol. The molecule has 1 aromatic rings. The maximum absolute atomic E-state index is 11.8. The number of fused-ring (bicyclic) bond motifs is 1. The molecule has 0 unspecified atom stereocenters. The Morgan fingerprint density at radius 1 is 1.39 bits per heavy atom. The van der Waals surface area contributed by atoms with Crippen LogP contribution in [0.5, 0.6) is 11.5 Å². The lowest BCUT2D eigenvalue weighted by atomic mass is 10.1. The average Bonchev–Trinajstić information content (AvgIpc) is 3.12. The number of benzene rings is 1. The maximum atomic E-state index is 11.8. The zero-order valence-electron chi connectivity index (χ0n) is 13.0. The van der Waals surface area contributed by atoms with Crippen LogP contribution in [0.1, 0.15) is 24.8 Å². The number of nitrogens with zero attached hydrogens (tertiary/aromatic N) is 1. The number of halogens is 1. The summed E-state index contributed by atoms with van der Waals surface area (Å²) in [5.41, 5.74) is 0.987. The molecular weight excluding hydrogens is 316 g/mol. The molecule has 23 heavy (non-hydrogen) atoms. The van der Waals surface area contributed by atoms with E-state index in [1.165, 1.54) is 0 Å². The number of ether oxygens (including phenoxy) is 2. The Morgan fingerprint density at radius 2 is 2.17 bits per heavy atom. The van der Waals surface area contributed by atoms with Crippen molar-refractivity contribution >= 4 is 17.5 Å². The zero-order chi connectivity index (χ0) is 16.2. The van der Waals surface area contributed by atoms with Crippen molar-refractivity contribution in [3.8, 4) is 11.5 Å². The van der Waals surface area contributed by atoms with Gasteiger partial charge in [-0.1, -0.05) is 17.7 Å². The second-order valence-electron chi connectivity index (χ2n) is 5.79. The van der Waals surface area contributed by atoms with E-state index in [2.05, 4.69) is 11.9 Å². The van der Waals surface area contributed by atoms with Crippen LogP contribution in [0.4, 0.5) is 0 Å². The van der Waals surface area contributed by atoms with Crippen LogP contribution in [-0.4, -0.2) is 36.7 Å². The minimum absolute atomic E-state index is 0.230. The second-order valence-corrected chi connectivity index (χ2v) is 6.20. The van der Waals surface area contributed by atoms with E-state index in [4.69, 9.17) is 21.1 Å². The number of carbonyl (C=O) groups excluding carboxylic acids is 1. The fourth-order valence-electron chi connectivity index (χ4n) is 3.07. The molecule has 1 atom stereocenters. The van der Waals surface area contributed by atoms with Crippen molar-refractivity contribution in [3.63, 3.8) is 0 Å². The van der Waals surface area contributed by atoms with Gasteiger partial charge in [-0.25, -0.2) is 0 Å². The Morgan fingerprint density at radius 3 is 2.96 bits per heavy atom. The lowest BCUT2D eigenvalue weighted by molar-refractivity contribution is -0.128. The molecule has 0 radical (unpaired) electrons. The molecule has 3 rings (SSSR count). The van der Waals surface area contributed by atoms with Crippen LogP contribution in [0.2, 0.25) is 5.02 Å². The maximum Gasteiger partial charge on any atom is 0.231 e. The third kappa shape index (κ3) is 3.62. The molecule has 0 aliphatic carbocycles. The van der Waals surface area contributed by atoms with Gasteiger partial charge >= 0.3 is 0 Å². The highest BCUT2D eigenvalue weighted by molar-refractivity contribution is 6.31. The Kier molecular flexibility index (Phi) is 5.08. The molecule has 2 heterocycles. The van der Waals surface area contributed by atoms with Crippen molar-refractivity contribution < 1.29 is 14.3 Å². The first kappa shape index (κ1) is 16.1. The summed E-state index contributed by atoms with van der Waals surface area (Å²) in [6.07, 6.45) is 4.30. The Bertz CT molecular complexity index is 606. The summed E-state index contributed by atoms with van der Waals surface area (Å²) < 4.78 is 10.7. The molecular formula is C17H21ClN2O3. The summed E-state index contributed by atoms with van der Waals surface area (Å²) in [6.45, 7) is 6.10. The normalized spacial score (nSPS) is 19.4. The largest absolute Gasteiger partial charge is 0.454 e. The van der Waals surface area contributed by atoms with Crippen molar-refractivity contribution in [1.29, 1.82) is 0 Å². The number of hydrogen-bond acceptors (Lipinski definition) is 4. The first-order valence-electron chi connectivity index (χ1n) is 7.88. The highest BCUT2D eigenvalue weighted by Crippen LogP contribution is 2.36. The Hall–Kier alpha value is -1.72. The van der Waals surface area contributed by atoms with E-state index < -0.39 is 0 Å². The van der Waals surface area contributed by atoms with Gasteiger partial charge in [0.25, 0.3) is 0 Å². The Labute approximate surface area is 141 Å². The topological polar surface area (TPSA) is 50.8 Å². The summed E-state index contributed by atoms with van der Waals surface area (Å²) in [5.74, 6) is 1.67. The zero-order valence-corrected chi connectivity index (χ0v) is 13.8. The summed E-state index contributed by atoms with van der Waals surface area (Å²) in [5, 5.41) is 4.07. The quantitative estimate of drug-likeness (QED) is 0.614. The van der Waals surface area contributed by atoms with Crippen LogP contribution in [0.25, 0.3) is 0 Å². The molecule has 124 valence electrons. The van der Waals surface area contributed by atoms with Crippen LogP contribution in [0.15, 0.2) is 24.8 Å². The molecule has 1 amide bonds. The van der Waals surface area contributed by atoms with Crippen LogP contribution in [0, 0.1) is 0 Å². The molecule has 6 heteroatoms. The number of hydrogen-bond donors (Lipinski definition) is 1. The van der Waals surface area contributed by atoms with Crippen molar-refractivity contribution in [1.82, 2.24) is 10.2 Å². The van der Waals surface area contributed by atoms with Crippen LogP contribution < -0.4 is 14.8 Å². The molecule has 2 aliphatic heterocycles. The van der Waals surface area contributed by atoms with Gasteiger partial charge in [-0.2, -0.15) is 0 Å². The minimum Gasteiger partial charge on any atom is -0.454 e. The number of rotatable bonds is 7. The SMILES string of the molecule is C=CCN1C(=O)CC[C@H]1CCNCc1cc2c(cc1Cl)OCO2. The lowest BCUT2D eigenvalue weighted by Gasteiger charge is -2.23. The fourth-order valence-corrected chi connectivity index (χ4v) is 3.29. The molecule has 0 saturated carbocycles. The number of amides is 1. The summed E-state index contributed by atoms with van der Waals surface area (Å²) in [6, 6.07) is 4.02. The predicted octanol–water partition coefficient (Wildman–Crippen LogP) is 2.73. The van der Waals surface area contributed by atoms with Gasteiger partial charge in [0.15, 0.2) is 11.5 Å². The van der Waals surface area contributed by atoms with Crippen molar-refractivity contribution in [2.45, 2.75) is 31.8 Å². The minimum atomic E-state index is 0.230. The standard InChI is InChI=1S/C17H21ClN2O3/c1-2-7-20-13(3-4-17(20)21)5-6-19-10-12-8-15-16(9-14(12)18)23-11-22-15/h2,8-9,13,19H,1,3-7,10-11H2/t13-/m0/s1. The van der Waals surface area contributed by atoms with E-state index in [9.17, 15) is 4.79 Å². The van der Waals surface area contributed by atoms with E-state index in [0.29, 0.717) is 36.3 Å². The van der Waals surface area contributed by atoms with E-state index in [1.807, 2.05) is 11.0 Å². The Balaban J connectivity index is 1.48. The third-order valence-corrected chi connectivity index (χ3v) is 4.64. The smallest absolute Gasteiger partial charge is 0.231 e. The highest BCUT2D eigenvalue weighted by Gasteiger charge is 2.29. The molecule has 1 N–H and O–H groups in total. The monoisotopic (exact) mass is 336 g/mol. The van der Waals surface area contributed by atoms with Crippen LogP contribution in [0.3, 0.4) is 0 Å². The van der Waals surface area contributed by atoms with Gasteiger partial charge in [-0.05, 0) is 31.0 Å². The summed E-state index contributed by atoms with van der Waals surface area (Å²) >= 11 is 6.26. The van der Waals surface area contributed by atoms with Crippen molar-refractivity contribution in [3.05, 3.63) is 35.4 Å². The summed E-state index contributed by atoms with van der Waals surface area (Å²) in [4.78, 5) is 13.7. The van der Waals surface area contributed by atoms with E-state index >= 15 is 0 Å². The van der Waals surface area contributed by atoms with Gasteiger partial charge in [0.1, 0.15) is 0 Å². The van der Waals surface area contributed by atoms with E-state index in [0.717, 1.165) is 30.7 Å². The number of nitrogens with one attached hydrogen (secondary N) is 1. The van der Waals surface area contributed by atoms with Crippen molar-refractivity contribution in [2.75, 3.05) is 19.9 Å². The fraction of sp³-hybridized carbons (Fsp3) is 0.471. The lowest BCUT2D eigenvalue weighted by Crippen LogP contribution is -2.35. The van der Waals surface area contributed by atoms with Gasteiger partial charge in [0.2, 0.25) is 12.7 Å². The molecule has 0 bridgehead atoms. The van der Waals surface area contributed by atoms with Gasteiger partial charge in [-0.3, -0.25) is 4.79 Å². The molecule has 1 aromatic carbocycles. The number of likely N-dealkylation sites (tertiary alicyclic amines) is 1. The second kappa shape index (κ2) is 7.23. The third-order valence-electron chi connectivity index (χ3n) is 4.29. The molecule has 1 saturated heterocycles. The van der Waals surface area contributed by atoms with E-state index in [1.54, 1.807) is 12.1 Å². The highest BCUT2D eigenvalue weighted by atomic mass is 35.5. The number of carbonyl (C=O) groups is 1. The first-order valence-corrected chi connectivity index (χ1v) is 8.26. The molecule has 0 spiro atoms. The van der Waals surface area contributed by atoms with Gasteiger partial charge in [0, 0.05) is 36.6 Å². The molecule has 5 nitrogen and oxygen atoms in total. The molecule has 2 aliphatic rings. The van der Waals surface area contributed by atoms with Gasteiger partial charge in [-0.15, -0.1) is 6.58 Å². The van der Waals surface area contributed by atoms with Crippen LogP contribution >= 0.6 is 11.6 Å². The molecule has 0 aromatic heterocycles. The first-order chi connectivity index (χ1) is 11.2. The van der Waals surface area contributed by atoms with Crippen molar-refractivity contribution in [2.24, 2.45) is 0 Å². The van der Waals surface area contributed by atoms with E-state index in [-0.39, 0.29) is 12.7 Å².